The van der Waals surface area contributed by atoms with Gasteiger partial charge in [0.05, 0.1) is 31.3 Å². The summed E-state index contributed by atoms with van der Waals surface area (Å²) in [6, 6.07) is 13.5. The fourth-order valence-electron chi connectivity index (χ4n) is 3.66. The number of ether oxygens (including phenoxy) is 1. The first-order valence-corrected chi connectivity index (χ1v) is 9.72. The van der Waals surface area contributed by atoms with Crippen molar-refractivity contribution in [2.75, 3.05) is 13.7 Å². The summed E-state index contributed by atoms with van der Waals surface area (Å²) in [5.74, 6) is -0.266. The zero-order valence-corrected chi connectivity index (χ0v) is 16.7. The van der Waals surface area contributed by atoms with Crippen LogP contribution in [0.15, 0.2) is 67.3 Å². The Balaban J connectivity index is 1.75. The Morgan fingerprint density at radius 2 is 2.00 bits per heavy atom. The van der Waals surface area contributed by atoms with E-state index in [-0.39, 0.29) is 24.5 Å². The highest BCUT2D eigenvalue weighted by Gasteiger charge is 2.41. The van der Waals surface area contributed by atoms with E-state index in [0.717, 1.165) is 17.1 Å². The van der Waals surface area contributed by atoms with Crippen molar-refractivity contribution in [1.82, 2.24) is 24.8 Å². The van der Waals surface area contributed by atoms with Gasteiger partial charge in [0.25, 0.3) is 0 Å². The van der Waals surface area contributed by atoms with Gasteiger partial charge in [0.1, 0.15) is 0 Å². The molecule has 1 N–H and O–H groups in total. The third-order valence-corrected chi connectivity index (χ3v) is 5.36. The Bertz CT molecular complexity index is 993. The first kappa shape index (κ1) is 19.1. The second kappa shape index (κ2) is 8.40. The Morgan fingerprint density at radius 3 is 2.72 bits per heavy atom. The molecule has 0 unspecified atom stereocenters. The van der Waals surface area contributed by atoms with Crippen molar-refractivity contribution in [3.8, 4) is 5.69 Å². The van der Waals surface area contributed by atoms with Crippen LogP contribution in [0, 0.1) is 0 Å². The van der Waals surface area contributed by atoms with Crippen LogP contribution < -0.4 is 5.32 Å². The van der Waals surface area contributed by atoms with Crippen molar-refractivity contribution < 1.29 is 9.53 Å². The van der Waals surface area contributed by atoms with Crippen LogP contribution >= 0.6 is 12.2 Å². The van der Waals surface area contributed by atoms with Gasteiger partial charge in [0, 0.05) is 42.7 Å². The van der Waals surface area contributed by atoms with E-state index >= 15 is 0 Å². The minimum atomic E-state index is -0.266. The highest BCUT2D eigenvalue weighted by molar-refractivity contribution is 7.80. The third kappa shape index (κ3) is 3.84. The monoisotopic (exact) mass is 407 g/mol. The number of carbonyl (C=O) groups is 1. The molecule has 3 aromatic rings. The zero-order valence-electron chi connectivity index (χ0n) is 15.9. The molecule has 0 aliphatic carbocycles. The zero-order chi connectivity index (χ0) is 20.2. The van der Waals surface area contributed by atoms with Gasteiger partial charge in [-0.2, -0.15) is 0 Å². The van der Waals surface area contributed by atoms with Crippen molar-refractivity contribution in [2.24, 2.45) is 0 Å². The summed E-state index contributed by atoms with van der Waals surface area (Å²) in [6.45, 7) is 0.452. The Kier molecular flexibility index (Phi) is 5.53. The quantitative estimate of drug-likeness (QED) is 0.498. The molecule has 1 aliphatic heterocycles. The molecule has 4 rings (SSSR count). The molecule has 1 saturated heterocycles. The molecule has 0 radical (unpaired) electrons. The standard InChI is InChI=1S/C21H21N5O2S/c1-28-18(27)9-14-26-20(19(24-21(26)29)16-5-2-3-10-23-16)17-6-4-13-25(17)15-7-11-22-12-8-15/h2-8,10-13,19-20H,9,14H2,1H3,(H,24,29)/t19-,20+/m0/s1. The Hall–Kier alpha value is -3.26. The van der Waals surface area contributed by atoms with Gasteiger partial charge in [-0.1, -0.05) is 6.07 Å². The molecule has 8 heteroatoms. The number of esters is 1. The lowest BCUT2D eigenvalue weighted by Crippen LogP contribution is -2.32. The molecule has 7 nitrogen and oxygen atoms in total. The number of carbonyl (C=O) groups excluding carboxylic acids is 1. The predicted octanol–water partition coefficient (Wildman–Crippen LogP) is 2.80. The summed E-state index contributed by atoms with van der Waals surface area (Å²) in [4.78, 5) is 22.5. The van der Waals surface area contributed by atoms with E-state index in [9.17, 15) is 4.79 Å². The molecule has 0 aromatic carbocycles. The normalized spacial score (nSPS) is 18.5. The van der Waals surface area contributed by atoms with Gasteiger partial charge in [0.15, 0.2) is 5.11 Å². The smallest absolute Gasteiger partial charge is 0.307 e. The molecule has 1 fully saturated rings. The molecule has 4 heterocycles. The SMILES string of the molecule is COC(=O)CCN1C(=S)N[C@@H](c2ccccn2)[C@H]1c1cccn1-c1ccncc1. The number of thiocarbonyl (C=S) groups is 1. The third-order valence-electron chi connectivity index (χ3n) is 5.01. The number of nitrogens with one attached hydrogen (secondary N) is 1. The average molecular weight is 407 g/mol. The molecule has 0 amide bonds. The van der Waals surface area contributed by atoms with Crippen LogP contribution in [0.5, 0.6) is 0 Å². The topological polar surface area (TPSA) is 72.3 Å². The second-order valence-electron chi connectivity index (χ2n) is 6.65. The van der Waals surface area contributed by atoms with E-state index < -0.39 is 0 Å². The lowest BCUT2D eigenvalue weighted by atomic mass is 10.0. The molecule has 2 atom stereocenters. The van der Waals surface area contributed by atoms with E-state index in [2.05, 4.69) is 25.9 Å². The predicted molar refractivity (Wildman–Crippen MR) is 112 cm³/mol. The Labute approximate surface area is 174 Å². The summed E-state index contributed by atoms with van der Waals surface area (Å²) in [7, 11) is 1.39. The molecule has 148 valence electrons. The van der Waals surface area contributed by atoms with Gasteiger partial charge < -0.3 is 19.5 Å². The summed E-state index contributed by atoms with van der Waals surface area (Å²) >= 11 is 5.63. The van der Waals surface area contributed by atoms with Crippen LogP contribution in [0.25, 0.3) is 5.69 Å². The highest BCUT2D eigenvalue weighted by Crippen LogP contribution is 2.39. The lowest BCUT2D eigenvalue weighted by molar-refractivity contribution is -0.140. The lowest BCUT2D eigenvalue weighted by Gasteiger charge is -2.28. The average Bonchev–Trinajstić information content (AvgIpc) is 3.37. The van der Waals surface area contributed by atoms with Crippen LogP contribution in [0.1, 0.15) is 29.9 Å². The summed E-state index contributed by atoms with van der Waals surface area (Å²) in [5, 5.41) is 3.99. The number of hydrogen-bond acceptors (Lipinski definition) is 5. The molecule has 1 aliphatic rings. The van der Waals surface area contributed by atoms with Crippen LogP contribution in [0.3, 0.4) is 0 Å². The number of methoxy groups -OCH3 is 1. The van der Waals surface area contributed by atoms with Crippen LogP contribution in [-0.2, 0) is 9.53 Å². The van der Waals surface area contributed by atoms with Gasteiger partial charge in [-0.15, -0.1) is 0 Å². The number of nitrogens with zero attached hydrogens (tertiary/aromatic N) is 4. The van der Waals surface area contributed by atoms with Gasteiger partial charge in [-0.05, 0) is 48.6 Å². The molecule has 3 aromatic heterocycles. The number of rotatable bonds is 6. The van der Waals surface area contributed by atoms with E-state index in [0.29, 0.717) is 11.7 Å². The summed E-state index contributed by atoms with van der Waals surface area (Å²) in [6.07, 6.45) is 7.57. The molecule has 0 spiro atoms. The molecule has 29 heavy (non-hydrogen) atoms. The van der Waals surface area contributed by atoms with Crippen molar-refractivity contribution in [1.29, 1.82) is 0 Å². The maximum Gasteiger partial charge on any atom is 0.307 e. The van der Waals surface area contributed by atoms with E-state index in [1.807, 2.05) is 47.5 Å². The number of hydrogen-bond donors (Lipinski definition) is 1. The van der Waals surface area contributed by atoms with Crippen LogP contribution in [0.2, 0.25) is 0 Å². The van der Waals surface area contributed by atoms with Crippen molar-refractivity contribution in [2.45, 2.75) is 18.5 Å². The van der Waals surface area contributed by atoms with Gasteiger partial charge in [0.2, 0.25) is 0 Å². The van der Waals surface area contributed by atoms with E-state index in [1.165, 1.54) is 7.11 Å². The van der Waals surface area contributed by atoms with Crippen molar-refractivity contribution in [3.63, 3.8) is 0 Å². The largest absolute Gasteiger partial charge is 0.469 e. The molecule has 0 saturated carbocycles. The minimum Gasteiger partial charge on any atom is -0.469 e. The van der Waals surface area contributed by atoms with Gasteiger partial charge in [-0.3, -0.25) is 14.8 Å². The van der Waals surface area contributed by atoms with Gasteiger partial charge >= 0.3 is 5.97 Å². The summed E-state index contributed by atoms with van der Waals surface area (Å²) in [5.41, 5.74) is 2.94. The number of aromatic nitrogens is 3. The Morgan fingerprint density at radius 1 is 1.17 bits per heavy atom. The maximum atomic E-state index is 11.8. The van der Waals surface area contributed by atoms with Crippen LogP contribution in [0.4, 0.5) is 0 Å². The molecular formula is C21H21N5O2S. The van der Waals surface area contributed by atoms with Crippen molar-refractivity contribution in [3.05, 3.63) is 78.6 Å². The molecule has 0 bridgehead atoms. The second-order valence-corrected chi connectivity index (χ2v) is 7.04. The first-order valence-electron chi connectivity index (χ1n) is 9.31. The van der Waals surface area contributed by atoms with E-state index in [4.69, 9.17) is 17.0 Å². The van der Waals surface area contributed by atoms with Gasteiger partial charge in [-0.25, -0.2) is 0 Å². The maximum absolute atomic E-state index is 11.8. The van der Waals surface area contributed by atoms with Crippen molar-refractivity contribution >= 4 is 23.3 Å². The first-order chi connectivity index (χ1) is 14.2. The van der Waals surface area contributed by atoms with Crippen LogP contribution in [-0.4, -0.2) is 44.2 Å². The number of pyridine rings is 2. The minimum absolute atomic E-state index is 0.134. The fourth-order valence-corrected chi connectivity index (χ4v) is 3.99. The van der Waals surface area contributed by atoms with E-state index in [1.54, 1.807) is 18.6 Å². The summed E-state index contributed by atoms with van der Waals surface area (Å²) < 4.78 is 6.94. The molecular weight excluding hydrogens is 386 g/mol. The fraction of sp³-hybridized carbons (Fsp3) is 0.238. The highest BCUT2D eigenvalue weighted by atomic mass is 32.1.